The van der Waals surface area contributed by atoms with E-state index in [9.17, 15) is 13.2 Å². The zero-order valence-corrected chi connectivity index (χ0v) is 11.4. The molecule has 2 N–H and O–H groups in total. The molecule has 0 aliphatic rings. The predicted octanol–water partition coefficient (Wildman–Crippen LogP) is 4.61. The van der Waals surface area contributed by atoms with Crippen molar-refractivity contribution >= 4 is 16.7 Å². The average Bonchev–Trinajstić information content (AvgIpc) is 2.86. The van der Waals surface area contributed by atoms with Crippen LogP contribution in [0.4, 0.5) is 18.9 Å². The topological polar surface area (TPSA) is 48.4 Å². The van der Waals surface area contributed by atoms with Gasteiger partial charge in [-0.05, 0) is 48.5 Å². The Hall–Kier alpha value is -2.63. The quantitative estimate of drug-likeness (QED) is 0.719. The van der Waals surface area contributed by atoms with Crippen LogP contribution >= 0.6 is 0 Å². The van der Waals surface area contributed by atoms with Gasteiger partial charge in [-0.15, -0.1) is 0 Å². The van der Waals surface area contributed by atoms with Crippen LogP contribution in [0.2, 0.25) is 0 Å². The third kappa shape index (κ3) is 3.00. The Morgan fingerprint density at radius 3 is 2.41 bits per heavy atom. The van der Waals surface area contributed by atoms with Crippen LogP contribution in [0.25, 0.3) is 11.0 Å². The number of anilines is 1. The van der Waals surface area contributed by atoms with E-state index in [0.29, 0.717) is 22.8 Å². The molecule has 0 amide bonds. The number of fused-ring (bicyclic) bond motifs is 1. The Bertz CT molecular complexity index is 791. The van der Waals surface area contributed by atoms with Crippen molar-refractivity contribution in [2.75, 3.05) is 5.73 Å². The van der Waals surface area contributed by atoms with Crippen molar-refractivity contribution in [2.45, 2.75) is 12.8 Å². The Balaban J connectivity index is 1.71. The van der Waals surface area contributed by atoms with Crippen molar-refractivity contribution in [3.8, 4) is 5.75 Å². The van der Waals surface area contributed by atoms with E-state index < -0.39 is 11.7 Å². The van der Waals surface area contributed by atoms with Gasteiger partial charge in [0.15, 0.2) is 0 Å². The van der Waals surface area contributed by atoms with Crippen molar-refractivity contribution in [1.82, 2.24) is 0 Å². The van der Waals surface area contributed by atoms with Gasteiger partial charge in [-0.25, -0.2) is 0 Å². The van der Waals surface area contributed by atoms with Crippen molar-refractivity contribution < 1.29 is 22.3 Å². The van der Waals surface area contributed by atoms with E-state index in [4.69, 9.17) is 14.9 Å². The van der Waals surface area contributed by atoms with E-state index in [1.54, 1.807) is 24.3 Å². The molecule has 22 heavy (non-hydrogen) atoms. The molecular formula is C16H12F3NO2. The molecule has 3 rings (SSSR count). The van der Waals surface area contributed by atoms with Crippen molar-refractivity contribution in [1.29, 1.82) is 0 Å². The molecule has 1 heterocycles. The fourth-order valence-corrected chi connectivity index (χ4v) is 2.08. The van der Waals surface area contributed by atoms with Crippen LogP contribution in [0, 0.1) is 0 Å². The number of hydrogen-bond donors (Lipinski definition) is 1. The molecule has 0 saturated carbocycles. The molecule has 0 fully saturated rings. The number of halogens is 3. The van der Waals surface area contributed by atoms with E-state index in [-0.39, 0.29) is 6.61 Å². The van der Waals surface area contributed by atoms with Crippen LogP contribution in [0.5, 0.6) is 5.75 Å². The molecule has 0 unspecified atom stereocenters. The maximum Gasteiger partial charge on any atom is 0.416 e. The Morgan fingerprint density at radius 1 is 1.00 bits per heavy atom. The SMILES string of the molecule is Nc1ccc2oc(COc3ccc(C(F)(F)F)cc3)cc2c1. The fraction of sp³-hybridized carbons (Fsp3) is 0.125. The number of ether oxygens (including phenoxy) is 1. The normalized spacial score (nSPS) is 11.8. The minimum atomic E-state index is -4.35. The predicted molar refractivity (Wildman–Crippen MR) is 76.4 cm³/mol. The van der Waals surface area contributed by atoms with Crippen LogP contribution < -0.4 is 10.5 Å². The van der Waals surface area contributed by atoms with E-state index in [0.717, 1.165) is 17.5 Å². The lowest BCUT2D eigenvalue weighted by Crippen LogP contribution is -2.04. The summed E-state index contributed by atoms with van der Waals surface area (Å²) in [5, 5.41) is 0.853. The van der Waals surface area contributed by atoms with Crippen LogP contribution in [-0.2, 0) is 12.8 Å². The molecule has 114 valence electrons. The standard InChI is InChI=1S/C16H12F3NO2/c17-16(18,19)11-1-4-13(5-2-11)21-9-14-8-10-7-12(20)3-6-15(10)22-14/h1-8H,9,20H2. The van der Waals surface area contributed by atoms with Gasteiger partial charge in [0.1, 0.15) is 23.7 Å². The lowest BCUT2D eigenvalue weighted by Gasteiger charge is -2.08. The highest BCUT2D eigenvalue weighted by atomic mass is 19.4. The highest BCUT2D eigenvalue weighted by Gasteiger charge is 2.30. The molecular weight excluding hydrogens is 295 g/mol. The maximum atomic E-state index is 12.5. The van der Waals surface area contributed by atoms with Crippen molar-refractivity contribution in [3.63, 3.8) is 0 Å². The van der Waals surface area contributed by atoms with Gasteiger partial charge < -0.3 is 14.9 Å². The number of nitrogens with two attached hydrogens (primary N) is 1. The highest BCUT2D eigenvalue weighted by Crippen LogP contribution is 2.30. The van der Waals surface area contributed by atoms with Gasteiger partial charge in [0.25, 0.3) is 0 Å². The van der Waals surface area contributed by atoms with Gasteiger partial charge in [-0.2, -0.15) is 13.2 Å². The first-order chi connectivity index (χ1) is 10.4. The average molecular weight is 307 g/mol. The highest BCUT2D eigenvalue weighted by molar-refractivity contribution is 5.81. The summed E-state index contributed by atoms with van der Waals surface area (Å²) in [4.78, 5) is 0. The first-order valence-electron chi connectivity index (χ1n) is 6.50. The molecule has 0 spiro atoms. The lowest BCUT2D eigenvalue weighted by atomic mass is 10.2. The fourth-order valence-electron chi connectivity index (χ4n) is 2.08. The number of furan rings is 1. The van der Waals surface area contributed by atoms with E-state index >= 15 is 0 Å². The second-order valence-corrected chi connectivity index (χ2v) is 4.82. The van der Waals surface area contributed by atoms with Crippen molar-refractivity contribution in [3.05, 3.63) is 59.9 Å². The second kappa shape index (κ2) is 5.29. The van der Waals surface area contributed by atoms with Gasteiger partial charge >= 0.3 is 6.18 Å². The van der Waals surface area contributed by atoms with E-state index in [2.05, 4.69) is 0 Å². The van der Waals surface area contributed by atoms with Gasteiger partial charge in [0.05, 0.1) is 5.56 Å². The molecule has 0 radical (unpaired) electrons. The molecule has 0 atom stereocenters. The number of hydrogen-bond acceptors (Lipinski definition) is 3. The van der Waals surface area contributed by atoms with Crippen LogP contribution in [0.15, 0.2) is 52.9 Å². The summed E-state index contributed by atoms with van der Waals surface area (Å²) >= 11 is 0. The van der Waals surface area contributed by atoms with Crippen molar-refractivity contribution in [2.24, 2.45) is 0 Å². The first-order valence-corrected chi connectivity index (χ1v) is 6.50. The monoisotopic (exact) mass is 307 g/mol. The molecule has 0 aliphatic heterocycles. The number of alkyl halides is 3. The number of nitrogen functional groups attached to an aromatic ring is 1. The minimum absolute atomic E-state index is 0.125. The second-order valence-electron chi connectivity index (χ2n) is 4.82. The molecule has 3 nitrogen and oxygen atoms in total. The zero-order valence-electron chi connectivity index (χ0n) is 11.4. The maximum absolute atomic E-state index is 12.5. The summed E-state index contributed by atoms with van der Waals surface area (Å²) in [6.07, 6.45) is -4.35. The largest absolute Gasteiger partial charge is 0.486 e. The summed E-state index contributed by atoms with van der Waals surface area (Å²) < 4.78 is 48.4. The first kappa shape index (κ1) is 14.3. The summed E-state index contributed by atoms with van der Waals surface area (Å²) in [6.45, 7) is 0.125. The molecule has 0 bridgehead atoms. The number of rotatable bonds is 3. The molecule has 1 aromatic heterocycles. The van der Waals surface area contributed by atoms with Crippen LogP contribution in [-0.4, -0.2) is 0 Å². The third-order valence-corrected chi connectivity index (χ3v) is 3.15. The Morgan fingerprint density at radius 2 is 1.73 bits per heavy atom. The smallest absolute Gasteiger partial charge is 0.416 e. The minimum Gasteiger partial charge on any atom is -0.486 e. The summed E-state index contributed by atoms with van der Waals surface area (Å²) in [7, 11) is 0. The van der Waals surface area contributed by atoms with Crippen LogP contribution in [0.1, 0.15) is 11.3 Å². The molecule has 0 saturated heterocycles. The number of benzene rings is 2. The molecule has 2 aromatic carbocycles. The summed E-state index contributed by atoms with van der Waals surface area (Å²) in [5.74, 6) is 0.911. The Labute approximate surface area is 124 Å². The van der Waals surface area contributed by atoms with Crippen LogP contribution in [0.3, 0.4) is 0 Å². The van der Waals surface area contributed by atoms with E-state index in [1.807, 2.05) is 0 Å². The lowest BCUT2D eigenvalue weighted by molar-refractivity contribution is -0.137. The molecule has 0 aliphatic carbocycles. The van der Waals surface area contributed by atoms with Gasteiger partial charge in [0.2, 0.25) is 0 Å². The third-order valence-electron chi connectivity index (χ3n) is 3.15. The summed E-state index contributed by atoms with van der Waals surface area (Å²) in [6, 6.07) is 11.6. The molecule has 3 aromatic rings. The van der Waals surface area contributed by atoms with Gasteiger partial charge in [0, 0.05) is 11.1 Å². The van der Waals surface area contributed by atoms with E-state index in [1.165, 1.54) is 12.1 Å². The molecule has 6 heteroatoms. The van der Waals surface area contributed by atoms with Gasteiger partial charge in [-0.1, -0.05) is 0 Å². The van der Waals surface area contributed by atoms with Gasteiger partial charge in [-0.3, -0.25) is 0 Å². The zero-order chi connectivity index (χ0) is 15.7. The summed E-state index contributed by atoms with van der Waals surface area (Å²) in [5.41, 5.74) is 6.28. The Kier molecular flexibility index (Phi) is 3.44.